The van der Waals surface area contributed by atoms with E-state index in [0.717, 1.165) is 0 Å². The minimum atomic E-state index is 1.19. The third-order valence-corrected chi connectivity index (χ3v) is 1.63. The lowest BCUT2D eigenvalue weighted by Crippen LogP contribution is -1.81. The van der Waals surface area contributed by atoms with Gasteiger partial charge in [0.25, 0.3) is 0 Å². The van der Waals surface area contributed by atoms with Crippen LogP contribution in [0.2, 0.25) is 0 Å². The monoisotopic (exact) mass is 234 g/mol. The van der Waals surface area contributed by atoms with E-state index in [-0.39, 0.29) is 0 Å². The predicted octanol–water partition coefficient (Wildman–Crippen LogP) is 6.25. The van der Waals surface area contributed by atoms with Crippen LogP contribution in [0.25, 0.3) is 0 Å². The molecule has 0 bridgehead atoms. The Bertz CT molecular complexity index is 260. The zero-order chi connectivity index (χ0) is 14.1. The Kier molecular flexibility index (Phi) is 24.9. The summed E-state index contributed by atoms with van der Waals surface area (Å²) >= 11 is 0. The highest BCUT2D eigenvalue weighted by molar-refractivity contribution is 5.47. The first-order valence-corrected chi connectivity index (χ1v) is 6.54. The fourth-order valence-corrected chi connectivity index (χ4v) is 1.09. The number of allylic oxidation sites excluding steroid dienone is 9. The summed E-state index contributed by atoms with van der Waals surface area (Å²) in [6.45, 7) is 17.8. The van der Waals surface area contributed by atoms with E-state index in [4.69, 9.17) is 0 Å². The van der Waals surface area contributed by atoms with E-state index >= 15 is 0 Å². The van der Waals surface area contributed by atoms with Crippen LogP contribution in [0.5, 0.6) is 0 Å². The van der Waals surface area contributed by atoms with Gasteiger partial charge in [0.15, 0.2) is 0 Å². The zero-order valence-electron chi connectivity index (χ0n) is 12.7. The molecule has 0 N–H and O–H groups in total. The third kappa shape index (κ3) is 12.6. The highest BCUT2D eigenvalue weighted by atomic mass is 14.0. The van der Waals surface area contributed by atoms with Crippen LogP contribution in [0.3, 0.4) is 0 Å². The molecule has 0 heteroatoms. The van der Waals surface area contributed by atoms with Crippen LogP contribution in [0.1, 0.15) is 48.5 Å². The summed E-state index contributed by atoms with van der Waals surface area (Å²) in [6, 6.07) is 0. The van der Waals surface area contributed by atoms with Crippen molar-refractivity contribution in [2.75, 3.05) is 0 Å². The minimum absolute atomic E-state index is 1.19. The van der Waals surface area contributed by atoms with Crippen LogP contribution in [0.4, 0.5) is 0 Å². The summed E-state index contributed by atoms with van der Waals surface area (Å²) in [5, 5.41) is 0. The van der Waals surface area contributed by atoms with E-state index in [1.165, 1.54) is 11.1 Å². The summed E-state index contributed by atoms with van der Waals surface area (Å²) in [7, 11) is 0. The summed E-state index contributed by atoms with van der Waals surface area (Å²) in [6.07, 6.45) is 14.2. The van der Waals surface area contributed by atoms with Gasteiger partial charge in [0.05, 0.1) is 0 Å². The molecule has 17 heavy (non-hydrogen) atoms. The molecule has 98 valence electrons. The SMILES string of the molecule is C=C/C=C(\C=C/C)C(/C=C\C)=C/C.CC.CC. The summed E-state index contributed by atoms with van der Waals surface area (Å²) < 4.78 is 0. The van der Waals surface area contributed by atoms with E-state index in [0.29, 0.717) is 0 Å². The van der Waals surface area contributed by atoms with Crippen LogP contribution in [0, 0.1) is 0 Å². The molecule has 0 radical (unpaired) electrons. The van der Waals surface area contributed by atoms with Crippen LogP contribution in [-0.4, -0.2) is 0 Å². The molecule has 0 fully saturated rings. The fourth-order valence-electron chi connectivity index (χ4n) is 1.09. The fraction of sp³-hybridized carbons (Fsp3) is 0.412. The number of hydrogen-bond acceptors (Lipinski definition) is 0. The molecule has 0 nitrogen and oxygen atoms in total. The van der Waals surface area contributed by atoms with E-state index < -0.39 is 0 Å². The zero-order valence-corrected chi connectivity index (χ0v) is 12.7. The predicted molar refractivity (Wildman–Crippen MR) is 84.4 cm³/mol. The quantitative estimate of drug-likeness (QED) is 0.504. The van der Waals surface area contributed by atoms with Crippen molar-refractivity contribution in [2.24, 2.45) is 0 Å². The standard InChI is InChI=1S/C13H18.2C2H6/c1-5-9-12(8-4)13(10-6-2)11-7-3;2*1-2/h5-11H,2H2,1,3-4H3;2*1-2H3/b9-5-,11-7-,12-8+,13-10+;;. The highest BCUT2D eigenvalue weighted by Crippen LogP contribution is 2.13. The minimum Gasteiger partial charge on any atom is -0.0990 e. The second-order valence-corrected chi connectivity index (χ2v) is 2.60. The van der Waals surface area contributed by atoms with Gasteiger partial charge in [0, 0.05) is 0 Å². The maximum absolute atomic E-state index is 3.70. The lowest BCUT2D eigenvalue weighted by Gasteiger charge is -2.01. The second kappa shape index (κ2) is 20.2. The van der Waals surface area contributed by atoms with Crippen LogP contribution in [-0.2, 0) is 0 Å². The summed E-state index contributed by atoms with van der Waals surface area (Å²) in [5.41, 5.74) is 2.42. The summed E-state index contributed by atoms with van der Waals surface area (Å²) in [5.74, 6) is 0. The van der Waals surface area contributed by atoms with E-state index in [9.17, 15) is 0 Å². The lowest BCUT2D eigenvalue weighted by molar-refractivity contribution is 1.47. The van der Waals surface area contributed by atoms with Gasteiger partial charge in [-0.25, -0.2) is 0 Å². The average molecular weight is 234 g/mol. The van der Waals surface area contributed by atoms with Crippen LogP contribution < -0.4 is 0 Å². The topological polar surface area (TPSA) is 0 Å². The first kappa shape index (κ1) is 21.0. The molecule has 0 heterocycles. The summed E-state index contributed by atoms with van der Waals surface area (Å²) in [4.78, 5) is 0. The molecule has 0 rings (SSSR count). The Hall–Kier alpha value is -1.30. The Labute approximate surface area is 109 Å². The Morgan fingerprint density at radius 3 is 1.47 bits per heavy atom. The Balaban J connectivity index is -0.000000439. The van der Waals surface area contributed by atoms with Crippen molar-refractivity contribution in [2.45, 2.75) is 48.5 Å². The molecule has 0 aliphatic carbocycles. The van der Waals surface area contributed by atoms with Gasteiger partial charge in [0.1, 0.15) is 0 Å². The molecular weight excluding hydrogens is 204 g/mol. The lowest BCUT2D eigenvalue weighted by atomic mass is 10.0. The number of hydrogen-bond donors (Lipinski definition) is 0. The molecule has 0 aliphatic heterocycles. The van der Waals surface area contributed by atoms with Crippen molar-refractivity contribution in [3.63, 3.8) is 0 Å². The van der Waals surface area contributed by atoms with Crippen molar-refractivity contribution in [3.8, 4) is 0 Å². The smallest absolute Gasteiger partial charge is 0.0191 e. The molecule has 0 aliphatic rings. The van der Waals surface area contributed by atoms with Crippen molar-refractivity contribution < 1.29 is 0 Å². The first-order chi connectivity index (χ1) is 8.29. The molecule has 0 amide bonds. The van der Waals surface area contributed by atoms with Gasteiger partial charge in [0.2, 0.25) is 0 Å². The van der Waals surface area contributed by atoms with Gasteiger partial charge in [-0.15, -0.1) is 0 Å². The molecule has 0 spiro atoms. The van der Waals surface area contributed by atoms with Crippen LogP contribution >= 0.6 is 0 Å². The largest absolute Gasteiger partial charge is 0.0990 e. The molecule has 0 atom stereocenters. The molecule has 0 unspecified atom stereocenters. The normalized spacial score (nSPS) is 11.7. The third-order valence-electron chi connectivity index (χ3n) is 1.63. The van der Waals surface area contributed by atoms with Crippen molar-refractivity contribution in [3.05, 3.63) is 60.3 Å². The van der Waals surface area contributed by atoms with Gasteiger partial charge in [-0.2, -0.15) is 0 Å². The molecule has 0 aromatic carbocycles. The molecule has 0 aromatic rings. The average Bonchev–Trinajstić information content (AvgIpc) is 2.40. The van der Waals surface area contributed by atoms with E-state index in [2.05, 4.69) is 24.8 Å². The number of rotatable bonds is 4. The van der Waals surface area contributed by atoms with E-state index in [1.54, 1.807) is 0 Å². The van der Waals surface area contributed by atoms with Crippen molar-refractivity contribution in [1.29, 1.82) is 0 Å². The van der Waals surface area contributed by atoms with Gasteiger partial charge < -0.3 is 0 Å². The highest BCUT2D eigenvalue weighted by Gasteiger charge is 1.93. The van der Waals surface area contributed by atoms with E-state index in [1.807, 2.05) is 72.8 Å². The Morgan fingerprint density at radius 2 is 1.18 bits per heavy atom. The van der Waals surface area contributed by atoms with Gasteiger partial charge in [-0.1, -0.05) is 76.8 Å². The maximum atomic E-state index is 3.70. The molecule has 0 saturated heterocycles. The van der Waals surface area contributed by atoms with Crippen molar-refractivity contribution in [1.82, 2.24) is 0 Å². The molecular formula is C17H30. The first-order valence-electron chi connectivity index (χ1n) is 6.54. The Morgan fingerprint density at radius 1 is 0.765 bits per heavy atom. The second-order valence-electron chi connectivity index (χ2n) is 2.60. The van der Waals surface area contributed by atoms with Gasteiger partial charge in [-0.3, -0.25) is 0 Å². The molecule has 0 saturated carbocycles. The van der Waals surface area contributed by atoms with Gasteiger partial charge >= 0.3 is 0 Å². The van der Waals surface area contributed by atoms with Crippen LogP contribution in [0.15, 0.2) is 60.3 Å². The van der Waals surface area contributed by atoms with Crippen molar-refractivity contribution >= 4 is 0 Å². The maximum Gasteiger partial charge on any atom is -0.0191 e. The van der Waals surface area contributed by atoms with Gasteiger partial charge in [-0.05, 0) is 31.9 Å². The molecule has 0 aromatic heterocycles.